The standard InChI is InChI=1S/C24H29N7O4/c1-33-18-10-14(11-19(34-2)21(18)35-3)30-12-20(26-13-30)28-23-15-6-4-7-16(15)27-24(29-23)31-9-5-8-17(31)22(25)32/h10-13,17H,4-9H2,1-3H3,(H2,25,32)(H,27,28,29)/t17-/m1/s1. The van der Waals surface area contributed by atoms with Crippen molar-refractivity contribution >= 4 is 23.5 Å². The number of rotatable bonds is 8. The van der Waals surface area contributed by atoms with Gasteiger partial charge in [-0.1, -0.05) is 0 Å². The summed E-state index contributed by atoms with van der Waals surface area (Å²) in [4.78, 5) is 28.0. The van der Waals surface area contributed by atoms with Crippen LogP contribution < -0.4 is 30.2 Å². The minimum Gasteiger partial charge on any atom is -0.493 e. The second-order valence-electron chi connectivity index (χ2n) is 8.58. The number of hydrogen-bond acceptors (Lipinski definition) is 9. The fourth-order valence-electron chi connectivity index (χ4n) is 4.82. The van der Waals surface area contributed by atoms with Gasteiger partial charge in [-0.3, -0.25) is 4.79 Å². The third kappa shape index (κ3) is 4.17. The molecule has 1 atom stereocenters. The molecule has 0 bridgehead atoms. The average Bonchev–Trinajstić information content (AvgIpc) is 3.63. The van der Waals surface area contributed by atoms with Crippen molar-refractivity contribution in [2.45, 2.75) is 38.1 Å². The van der Waals surface area contributed by atoms with Gasteiger partial charge < -0.3 is 34.7 Å². The monoisotopic (exact) mass is 479 g/mol. The van der Waals surface area contributed by atoms with Gasteiger partial charge in [-0.15, -0.1) is 0 Å². The Kier molecular flexibility index (Phi) is 6.06. The van der Waals surface area contributed by atoms with Crippen LogP contribution in [0.3, 0.4) is 0 Å². The van der Waals surface area contributed by atoms with Crippen LogP contribution in [-0.2, 0) is 17.6 Å². The largest absolute Gasteiger partial charge is 0.493 e. The molecule has 0 radical (unpaired) electrons. The lowest BCUT2D eigenvalue weighted by Crippen LogP contribution is -2.41. The summed E-state index contributed by atoms with van der Waals surface area (Å²) < 4.78 is 18.2. The van der Waals surface area contributed by atoms with Gasteiger partial charge in [0.2, 0.25) is 17.6 Å². The maximum Gasteiger partial charge on any atom is 0.240 e. The number of carbonyl (C=O) groups is 1. The first-order chi connectivity index (χ1) is 17.0. The minimum absolute atomic E-state index is 0.342. The number of nitrogens with one attached hydrogen (secondary N) is 1. The Bertz CT molecular complexity index is 1230. The predicted molar refractivity (Wildman–Crippen MR) is 130 cm³/mol. The molecule has 11 nitrogen and oxygen atoms in total. The van der Waals surface area contributed by atoms with Gasteiger partial charge in [-0.25, -0.2) is 9.97 Å². The number of hydrogen-bond donors (Lipinski definition) is 2. The molecule has 2 aliphatic rings. The maximum absolute atomic E-state index is 11.9. The molecular weight excluding hydrogens is 450 g/mol. The van der Waals surface area contributed by atoms with Crippen LogP contribution in [0.25, 0.3) is 5.69 Å². The lowest BCUT2D eigenvalue weighted by atomic mass is 10.2. The number of nitrogens with two attached hydrogens (primary N) is 1. The first-order valence-electron chi connectivity index (χ1n) is 11.6. The Morgan fingerprint density at radius 1 is 1.09 bits per heavy atom. The Morgan fingerprint density at radius 2 is 1.86 bits per heavy atom. The number of aryl methyl sites for hydroxylation is 1. The fraction of sp³-hybridized carbons (Fsp3) is 0.417. The summed E-state index contributed by atoms with van der Waals surface area (Å²) in [6, 6.07) is 3.33. The van der Waals surface area contributed by atoms with Crippen molar-refractivity contribution in [2.24, 2.45) is 5.73 Å². The Hall–Kier alpha value is -4.02. The lowest BCUT2D eigenvalue weighted by molar-refractivity contribution is -0.119. The number of aromatic nitrogens is 4. The maximum atomic E-state index is 11.9. The summed E-state index contributed by atoms with van der Waals surface area (Å²) >= 11 is 0. The number of amides is 1. The first-order valence-corrected chi connectivity index (χ1v) is 11.6. The molecular formula is C24H29N7O4. The zero-order valence-electron chi connectivity index (χ0n) is 20.1. The summed E-state index contributed by atoms with van der Waals surface area (Å²) in [6.45, 7) is 0.710. The van der Waals surface area contributed by atoms with Gasteiger partial charge in [0.05, 0.1) is 38.9 Å². The van der Waals surface area contributed by atoms with Gasteiger partial charge in [0, 0.05) is 24.2 Å². The highest BCUT2D eigenvalue weighted by Gasteiger charge is 2.32. The quantitative estimate of drug-likeness (QED) is 0.500. The highest BCUT2D eigenvalue weighted by molar-refractivity contribution is 5.83. The van der Waals surface area contributed by atoms with E-state index in [1.807, 2.05) is 27.8 Å². The molecule has 0 spiro atoms. The van der Waals surface area contributed by atoms with Gasteiger partial charge >= 0.3 is 0 Å². The van der Waals surface area contributed by atoms with Crippen LogP contribution >= 0.6 is 0 Å². The van der Waals surface area contributed by atoms with E-state index in [0.29, 0.717) is 41.4 Å². The van der Waals surface area contributed by atoms with Crippen LogP contribution in [0.15, 0.2) is 24.7 Å². The Morgan fingerprint density at radius 3 is 2.54 bits per heavy atom. The van der Waals surface area contributed by atoms with Crippen LogP contribution in [0.2, 0.25) is 0 Å². The topological polar surface area (TPSA) is 130 Å². The number of imidazole rings is 1. The van der Waals surface area contributed by atoms with Crippen molar-refractivity contribution in [3.8, 4) is 22.9 Å². The Labute approximate surface area is 203 Å². The molecule has 2 aromatic heterocycles. The van der Waals surface area contributed by atoms with Crippen LogP contribution in [0.4, 0.5) is 17.6 Å². The van der Waals surface area contributed by atoms with Gasteiger partial charge in [0.1, 0.15) is 24.0 Å². The van der Waals surface area contributed by atoms with E-state index < -0.39 is 0 Å². The summed E-state index contributed by atoms with van der Waals surface area (Å²) in [5.41, 5.74) is 8.53. The van der Waals surface area contributed by atoms with Crippen LogP contribution in [0.5, 0.6) is 17.2 Å². The van der Waals surface area contributed by atoms with Gasteiger partial charge in [-0.05, 0) is 32.1 Å². The van der Waals surface area contributed by atoms with E-state index in [9.17, 15) is 4.79 Å². The SMILES string of the molecule is COc1cc(-n2cnc(Nc3nc(N4CCC[C@@H]4C(N)=O)nc4c3CCC4)c2)cc(OC)c1OC. The predicted octanol–water partition coefficient (Wildman–Crippen LogP) is 2.37. The number of benzene rings is 1. The molecule has 3 N–H and O–H groups in total. The molecule has 11 heteroatoms. The molecule has 1 fully saturated rings. The molecule has 1 saturated heterocycles. The van der Waals surface area contributed by atoms with E-state index in [0.717, 1.165) is 49.0 Å². The van der Waals surface area contributed by atoms with Crippen molar-refractivity contribution in [3.63, 3.8) is 0 Å². The highest BCUT2D eigenvalue weighted by Crippen LogP contribution is 2.39. The third-order valence-corrected chi connectivity index (χ3v) is 6.54. The molecule has 0 unspecified atom stereocenters. The van der Waals surface area contributed by atoms with Crippen molar-refractivity contribution in [1.29, 1.82) is 0 Å². The second-order valence-corrected chi connectivity index (χ2v) is 8.58. The molecule has 35 heavy (non-hydrogen) atoms. The molecule has 3 aromatic rings. The first kappa shape index (κ1) is 22.8. The molecule has 3 heterocycles. The summed E-state index contributed by atoms with van der Waals surface area (Å²) in [5.74, 6) is 3.18. The third-order valence-electron chi connectivity index (χ3n) is 6.54. The number of ether oxygens (including phenoxy) is 3. The number of methoxy groups -OCH3 is 3. The summed E-state index contributed by atoms with van der Waals surface area (Å²) in [7, 11) is 4.73. The summed E-state index contributed by atoms with van der Waals surface area (Å²) in [6.07, 6.45) is 7.97. The van der Waals surface area contributed by atoms with E-state index in [2.05, 4.69) is 10.3 Å². The van der Waals surface area contributed by atoms with Crippen molar-refractivity contribution in [3.05, 3.63) is 35.9 Å². The molecule has 5 rings (SSSR count). The van der Waals surface area contributed by atoms with Gasteiger partial charge in [0.25, 0.3) is 0 Å². The molecule has 0 saturated carbocycles. The molecule has 184 valence electrons. The number of anilines is 3. The van der Waals surface area contributed by atoms with E-state index in [1.165, 1.54) is 0 Å². The van der Waals surface area contributed by atoms with Crippen LogP contribution in [-0.4, -0.2) is 59.3 Å². The summed E-state index contributed by atoms with van der Waals surface area (Å²) in [5, 5.41) is 3.37. The second kappa shape index (κ2) is 9.32. The van der Waals surface area contributed by atoms with Gasteiger partial charge in [0.15, 0.2) is 11.5 Å². The minimum atomic E-state index is -0.374. The van der Waals surface area contributed by atoms with Crippen LogP contribution in [0, 0.1) is 0 Å². The number of nitrogens with zero attached hydrogens (tertiary/aromatic N) is 5. The van der Waals surface area contributed by atoms with E-state index in [-0.39, 0.29) is 11.9 Å². The molecule has 1 aliphatic heterocycles. The number of primary amides is 1. The lowest BCUT2D eigenvalue weighted by Gasteiger charge is -2.23. The van der Waals surface area contributed by atoms with E-state index in [4.69, 9.17) is 29.9 Å². The molecule has 1 amide bonds. The fourth-order valence-corrected chi connectivity index (χ4v) is 4.82. The Balaban J connectivity index is 1.46. The van der Waals surface area contributed by atoms with Crippen LogP contribution in [0.1, 0.15) is 30.5 Å². The van der Waals surface area contributed by atoms with Crippen molar-refractivity contribution in [1.82, 2.24) is 19.5 Å². The van der Waals surface area contributed by atoms with E-state index in [1.54, 1.807) is 27.7 Å². The van der Waals surface area contributed by atoms with E-state index >= 15 is 0 Å². The average molecular weight is 480 g/mol. The van der Waals surface area contributed by atoms with Crippen molar-refractivity contribution in [2.75, 3.05) is 38.1 Å². The van der Waals surface area contributed by atoms with Gasteiger partial charge in [-0.2, -0.15) is 4.98 Å². The zero-order valence-corrected chi connectivity index (χ0v) is 20.1. The smallest absolute Gasteiger partial charge is 0.240 e. The molecule has 1 aliphatic carbocycles. The normalized spacial score (nSPS) is 16.8. The number of carbonyl (C=O) groups excluding carboxylic acids is 1. The highest BCUT2D eigenvalue weighted by atomic mass is 16.5. The molecule has 1 aromatic carbocycles. The zero-order chi connectivity index (χ0) is 24.5. The number of fused-ring (bicyclic) bond motifs is 1. The van der Waals surface area contributed by atoms with Crippen molar-refractivity contribution < 1.29 is 19.0 Å².